The van der Waals surface area contributed by atoms with Crippen LogP contribution in [0.15, 0.2) is 29.6 Å². The average Bonchev–Trinajstić information content (AvgIpc) is 3.34. The van der Waals surface area contributed by atoms with Gasteiger partial charge >= 0.3 is 0 Å². The largest absolute Gasteiger partial charge is 0.368 e. The molecule has 1 amide bonds. The van der Waals surface area contributed by atoms with Crippen LogP contribution in [0.5, 0.6) is 0 Å². The van der Waals surface area contributed by atoms with Gasteiger partial charge in [0.25, 0.3) is 5.91 Å². The summed E-state index contributed by atoms with van der Waals surface area (Å²) in [5.74, 6) is -0.0306. The lowest BCUT2D eigenvalue weighted by Crippen LogP contribution is -2.46. The van der Waals surface area contributed by atoms with Crippen molar-refractivity contribution >= 4 is 39.7 Å². The Kier molecular flexibility index (Phi) is 5.31. The van der Waals surface area contributed by atoms with Crippen molar-refractivity contribution in [3.63, 3.8) is 0 Å². The summed E-state index contributed by atoms with van der Waals surface area (Å²) >= 11 is 7.65. The Labute approximate surface area is 163 Å². The second-order valence-electron chi connectivity index (χ2n) is 6.92. The van der Waals surface area contributed by atoms with Gasteiger partial charge in [-0.05, 0) is 31.0 Å². The van der Waals surface area contributed by atoms with Crippen LogP contribution in [0.3, 0.4) is 0 Å². The minimum absolute atomic E-state index is 0.0306. The number of thiazole rings is 1. The molecule has 2 heterocycles. The summed E-state index contributed by atoms with van der Waals surface area (Å²) in [5, 5.41) is 6.69. The molecule has 7 heteroatoms. The molecular formula is C19H23ClN4OS. The van der Waals surface area contributed by atoms with E-state index in [2.05, 4.69) is 26.2 Å². The summed E-state index contributed by atoms with van der Waals surface area (Å²) < 4.78 is 0. The molecule has 1 saturated heterocycles. The Bertz CT molecular complexity index is 766. The highest BCUT2D eigenvalue weighted by atomic mass is 35.5. The highest BCUT2D eigenvalue weighted by Gasteiger charge is 2.23. The molecule has 1 saturated carbocycles. The molecule has 26 heavy (non-hydrogen) atoms. The van der Waals surface area contributed by atoms with E-state index in [0.717, 1.165) is 54.9 Å². The number of hydrogen-bond donors (Lipinski definition) is 1. The molecule has 1 aliphatic heterocycles. The molecule has 1 aromatic carbocycles. The van der Waals surface area contributed by atoms with Crippen LogP contribution in [0.1, 0.15) is 36.2 Å². The number of carbonyl (C=O) groups excluding carboxylic acids is 1. The number of aromatic nitrogens is 1. The molecule has 5 nitrogen and oxygen atoms in total. The lowest BCUT2D eigenvalue weighted by Gasteiger charge is -2.36. The van der Waals surface area contributed by atoms with Crippen LogP contribution in [0.4, 0.5) is 10.8 Å². The van der Waals surface area contributed by atoms with E-state index in [1.807, 2.05) is 23.6 Å². The minimum atomic E-state index is -0.0306. The smallest absolute Gasteiger partial charge is 0.271 e. The topological polar surface area (TPSA) is 48.5 Å². The molecule has 0 atom stereocenters. The number of piperazine rings is 1. The molecule has 2 aromatic rings. The van der Waals surface area contributed by atoms with Crippen molar-refractivity contribution in [2.24, 2.45) is 0 Å². The van der Waals surface area contributed by atoms with E-state index < -0.39 is 0 Å². The second-order valence-corrected chi connectivity index (χ2v) is 8.20. The Morgan fingerprint density at radius 1 is 1.15 bits per heavy atom. The van der Waals surface area contributed by atoms with Gasteiger partial charge in [-0.1, -0.05) is 30.5 Å². The van der Waals surface area contributed by atoms with Crippen LogP contribution in [0, 0.1) is 0 Å². The zero-order chi connectivity index (χ0) is 17.9. The maximum absolute atomic E-state index is 12.4. The number of hydrogen-bond acceptors (Lipinski definition) is 5. The molecule has 0 radical (unpaired) electrons. The zero-order valence-corrected chi connectivity index (χ0v) is 16.2. The quantitative estimate of drug-likeness (QED) is 0.862. The van der Waals surface area contributed by atoms with Crippen molar-refractivity contribution in [2.45, 2.75) is 31.7 Å². The monoisotopic (exact) mass is 390 g/mol. The van der Waals surface area contributed by atoms with Crippen LogP contribution in [-0.4, -0.2) is 43.1 Å². The summed E-state index contributed by atoms with van der Waals surface area (Å²) in [7, 11) is 0. The third kappa shape index (κ3) is 3.96. The Hall–Kier alpha value is -1.79. The van der Waals surface area contributed by atoms with Gasteiger partial charge in [0.1, 0.15) is 5.69 Å². The molecule has 4 rings (SSSR count). The molecule has 0 bridgehead atoms. The molecule has 2 fully saturated rings. The fraction of sp³-hybridized carbons (Fsp3) is 0.474. The van der Waals surface area contributed by atoms with Gasteiger partial charge in [-0.25, -0.2) is 4.98 Å². The number of anilines is 2. The van der Waals surface area contributed by atoms with Gasteiger partial charge < -0.3 is 15.1 Å². The van der Waals surface area contributed by atoms with Crippen molar-refractivity contribution in [2.75, 3.05) is 36.0 Å². The highest BCUT2D eigenvalue weighted by molar-refractivity contribution is 7.13. The Morgan fingerprint density at radius 2 is 1.88 bits per heavy atom. The maximum atomic E-state index is 12.4. The number of halogens is 1. The zero-order valence-electron chi connectivity index (χ0n) is 14.7. The second kappa shape index (κ2) is 7.84. The van der Waals surface area contributed by atoms with Crippen molar-refractivity contribution < 1.29 is 4.79 Å². The lowest BCUT2D eigenvalue weighted by atomic mass is 10.2. The van der Waals surface area contributed by atoms with Crippen LogP contribution in [-0.2, 0) is 0 Å². The van der Waals surface area contributed by atoms with Crippen molar-refractivity contribution in [1.29, 1.82) is 0 Å². The Morgan fingerprint density at radius 3 is 2.62 bits per heavy atom. The number of rotatable bonds is 4. The van der Waals surface area contributed by atoms with Gasteiger partial charge in [-0.15, -0.1) is 11.3 Å². The third-order valence-electron chi connectivity index (χ3n) is 5.14. The fourth-order valence-electron chi connectivity index (χ4n) is 3.67. The van der Waals surface area contributed by atoms with E-state index in [-0.39, 0.29) is 5.91 Å². The van der Waals surface area contributed by atoms with E-state index in [0.29, 0.717) is 11.7 Å². The number of carbonyl (C=O) groups is 1. The summed E-state index contributed by atoms with van der Waals surface area (Å²) in [6.07, 6.45) is 4.61. The minimum Gasteiger partial charge on any atom is -0.368 e. The predicted octanol–water partition coefficient (Wildman–Crippen LogP) is 3.80. The summed E-state index contributed by atoms with van der Waals surface area (Å²) in [6, 6.07) is 8.31. The van der Waals surface area contributed by atoms with Crippen LogP contribution in [0.25, 0.3) is 0 Å². The molecule has 0 unspecified atom stereocenters. The van der Waals surface area contributed by atoms with Crippen LogP contribution < -0.4 is 15.1 Å². The lowest BCUT2D eigenvalue weighted by molar-refractivity contribution is 0.0933. The fourth-order valence-corrected chi connectivity index (χ4v) is 4.72. The normalized spacial score (nSPS) is 18.3. The highest BCUT2D eigenvalue weighted by Crippen LogP contribution is 2.25. The molecule has 1 N–H and O–H groups in total. The van der Waals surface area contributed by atoms with E-state index in [1.165, 1.54) is 12.8 Å². The standard InChI is InChI=1S/C19H23ClN4OS/c20-14-4-3-7-16(12-14)23-8-10-24(11-9-23)19-22-17(13-26-19)18(25)21-15-5-1-2-6-15/h3-4,7,12-13,15H,1-2,5-6,8-11H2,(H,21,25). The van der Waals surface area contributed by atoms with Gasteiger partial charge in [0.15, 0.2) is 5.13 Å². The van der Waals surface area contributed by atoms with E-state index >= 15 is 0 Å². The van der Waals surface area contributed by atoms with Gasteiger partial charge in [0.2, 0.25) is 0 Å². The maximum Gasteiger partial charge on any atom is 0.271 e. The number of amides is 1. The SMILES string of the molecule is O=C(NC1CCCC1)c1csc(N2CCN(c3cccc(Cl)c3)CC2)n1. The van der Waals surface area contributed by atoms with Gasteiger partial charge in [0, 0.05) is 48.3 Å². The number of nitrogens with zero attached hydrogens (tertiary/aromatic N) is 3. The van der Waals surface area contributed by atoms with Gasteiger partial charge in [-0.3, -0.25) is 4.79 Å². The molecule has 138 valence electrons. The third-order valence-corrected chi connectivity index (χ3v) is 6.28. The van der Waals surface area contributed by atoms with Gasteiger partial charge in [-0.2, -0.15) is 0 Å². The molecule has 1 aliphatic carbocycles. The van der Waals surface area contributed by atoms with E-state index in [1.54, 1.807) is 11.3 Å². The van der Waals surface area contributed by atoms with Gasteiger partial charge in [0.05, 0.1) is 0 Å². The van der Waals surface area contributed by atoms with Crippen molar-refractivity contribution in [3.8, 4) is 0 Å². The summed E-state index contributed by atoms with van der Waals surface area (Å²) in [5.41, 5.74) is 1.71. The first kappa shape index (κ1) is 17.6. The van der Waals surface area contributed by atoms with Crippen LogP contribution in [0.2, 0.25) is 5.02 Å². The number of benzene rings is 1. The summed E-state index contributed by atoms with van der Waals surface area (Å²) in [6.45, 7) is 3.63. The van der Waals surface area contributed by atoms with Crippen LogP contribution >= 0.6 is 22.9 Å². The summed E-state index contributed by atoms with van der Waals surface area (Å²) in [4.78, 5) is 21.5. The molecule has 0 spiro atoms. The van der Waals surface area contributed by atoms with E-state index in [9.17, 15) is 4.79 Å². The first-order chi connectivity index (χ1) is 12.7. The van der Waals surface area contributed by atoms with Crippen molar-refractivity contribution in [1.82, 2.24) is 10.3 Å². The Balaban J connectivity index is 1.34. The number of nitrogens with one attached hydrogen (secondary N) is 1. The van der Waals surface area contributed by atoms with Crippen molar-refractivity contribution in [3.05, 3.63) is 40.4 Å². The first-order valence-corrected chi connectivity index (χ1v) is 10.5. The van der Waals surface area contributed by atoms with E-state index in [4.69, 9.17) is 11.6 Å². The molecule has 2 aliphatic rings. The average molecular weight is 391 g/mol. The molecular weight excluding hydrogens is 368 g/mol. The predicted molar refractivity (Wildman–Crippen MR) is 108 cm³/mol. The first-order valence-electron chi connectivity index (χ1n) is 9.21. The molecule has 1 aromatic heterocycles.